The highest BCUT2D eigenvalue weighted by Crippen LogP contribution is 2.20. The Morgan fingerprint density at radius 2 is 2.50 bits per heavy atom. The molecule has 2 rings (SSSR count). The Morgan fingerprint density at radius 3 is 3.14 bits per heavy atom. The lowest BCUT2D eigenvalue weighted by Gasteiger charge is -2.12. The minimum absolute atomic E-state index is 0.427. The van der Waals surface area contributed by atoms with E-state index in [9.17, 15) is 0 Å². The van der Waals surface area contributed by atoms with Crippen molar-refractivity contribution >= 4 is 0 Å². The lowest BCUT2D eigenvalue weighted by molar-refractivity contribution is 0.441. The average molecular weight is 194 g/mol. The summed E-state index contributed by atoms with van der Waals surface area (Å²) in [4.78, 5) is 4.34. The molecule has 0 aromatic carbocycles. The third kappa shape index (κ3) is 1.95. The summed E-state index contributed by atoms with van der Waals surface area (Å²) in [5, 5.41) is 7.72. The largest absolute Gasteiger partial charge is 0.307 e. The lowest BCUT2D eigenvalue weighted by Crippen LogP contribution is -2.20. The normalized spacial score (nSPS) is 22.1. The standard InChI is InChI=1S/C10H18N4/c1-8(2)6-14-10(12-7-13-14)9-4-3-5-11-9/h7-9,11H,3-6H2,1-2H3/t9-/m0/s1. The molecule has 1 saturated heterocycles. The molecule has 0 radical (unpaired) electrons. The monoisotopic (exact) mass is 194 g/mol. The maximum atomic E-state index is 4.34. The Bertz CT molecular complexity index is 286. The van der Waals surface area contributed by atoms with E-state index in [4.69, 9.17) is 0 Å². The fraction of sp³-hybridized carbons (Fsp3) is 0.800. The van der Waals surface area contributed by atoms with Gasteiger partial charge in [-0.15, -0.1) is 0 Å². The van der Waals surface area contributed by atoms with Gasteiger partial charge in [0.05, 0.1) is 6.04 Å². The van der Waals surface area contributed by atoms with E-state index in [-0.39, 0.29) is 0 Å². The van der Waals surface area contributed by atoms with Crippen LogP contribution in [0.15, 0.2) is 6.33 Å². The zero-order valence-electron chi connectivity index (χ0n) is 8.90. The third-order valence-corrected chi connectivity index (χ3v) is 2.56. The summed E-state index contributed by atoms with van der Waals surface area (Å²) in [6.07, 6.45) is 4.10. The zero-order valence-corrected chi connectivity index (χ0v) is 8.90. The van der Waals surface area contributed by atoms with Crippen molar-refractivity contribution in [3.05, 3.63) is 12.2 Å². The molecule has 0 spiro atoms. The molecule has 0 unspecified atom stereocenters. The van der Waals surface area contributed by atoms with Crippen LogP contribution in [0.25, 0.3) is 0 Å². The van der Waals surface area contributed by atoms with Crippen LogP contribution < -0.4 is 5.32 Å². The van der Waals surface area contributed by atoms with Gasteiger partial charge in [0, 0.05) is 6.54 Å². The van der Waals surface area contributed by atoms with Gasteiger partial charge in [0.1, 0.15) is 12.2 Å². The molecule has 0 amide bonds. The van der Waals surface area contributed by atoms with Gasteiger partial charge in [0.25, 0.3) is 0 Å². The molecule has 1 atom stereocenters. The van der Waals surface area contributed by atoms with Gasteiger partial charge in [-0.25, -0.2) is 9.67 Å². The summed E-state index contributed by atoms with van der Waals surface area (Å²) in [6.45, 7) is 6.48. The first-order valence-electron chi connectivity index (χ1n) is 5.38. The van der Waals surface area contributed by atoms with Crippen LogP contribution in [0, 0.1) is 5.92 Å². The van der Waals surface area contributed by atoms with Crippen molar-refractivity contribution in [2.24, 2.45) is 5.92 Å². The number of aromatic nitrogens is 3. The molecule has 1 N–H and O–H groups in total. The fourth-order valence-corrected chi connectivity index (χ4v) is 1.93. The number of nitrogens with zero attached hydrogens (tertiary/aromatic N) is 3. The van der Waals surface area contributed by atoms with Crippen molar-refractivity contribution in [2.75, 3.05) is 6.54 Å². The number of nitrogens with one attached hydrogen (secondary N) is 1. The fourth-order valence-electron chi connectivity index (χ4n) is 1.93. The molecule has 0 aliphatic carbocycles. The second-order valence-corrected chi connectivity index (χ2v) is 4.34. The molecule has 1 fully saturated rings. The molecule has 0 saturated carbocycles. The summed E-state index contributed by atoms with van der Waals surface area (Å²) in [5.41, 5.74) is 0. The Labute approximate surface area is 84.7 Å². The first kappa shape index (κ1) is 9.65. The Kier molecular flexibility index (Phi) is 2.82. The van der Waals surface area contributed by atoms with Crippen molar-refractivity contribution in [3.8, 4) is 0 Å². The van der Waals surface area contributed by atoms with E-state index in [0.717, 1.165) is 18.9 Å². The summed E-state index contributed by atoms with van der Waals surface area (Å²) < 4.78 is 2.04. The van der Waals surface area contributed by atoms with Crippen molar-refractivity contribution in [1.29, 1.82) is 0 Å². The average Bonchev–Trinajstić information content (AvgIpc) is 2.70. The Hall–Kier alpha value is -0.900. The molecule has 4 heteroatoms. The van der Waals surface area contributed by atoms with Crippen LogP contribution in [0.2, 0.25) is 0 Å². The molecular weight excluding hydrogens is 176 g/mol. The molecule has 4 nitrogen and oxygen atoms in total. The van der Waals surface area contributed by atoms with E-state index in [2.05, 4.69) is 29.2 Å². The molecule has 0 bridgehead atoms. The molecule has 1 aromatic heterocycles. The van der Waals surface area contributed by atoms with Crippen LogP contribution in [0.4, 0.5) is 0 Å². The summed E-state index contributed by atoms with van der Waals surface area (Å²) in [7, 11) is 0. The van der Waals surface area contributed by atoms with E-state index in [1.807, 2.05) is 4.68 Å². The Morgan fingerprint density at radius 1 is 1.64 bits per heavy atom. The molecule has 78 valence electrons. The molecule has 1 aliphatic rings. The van der Waals surface area contributed by atoms with E-state index in [1.54, 1.807) is 6.33 Å². The quantitative estimate of drug-likeness (QED) is 0.790. The molecule has 1 aliphatic heterocycles. The van der Waals surface area contributed by atoms with Gasteiger partial charge in [-0.2, -0.15) is 5.10 Å². The number of hydrogen-bond acceptors (Lipinski definition) is 3. The first-order valence-corrected chi connectivity index (χ1v) is 5.38. The predicted molar refractivity (Wildman–Crippen MR) is 54.8 cm³/mol. The third-order valence-electron chi connectivity index (χ3n) is 2.56. The maximum absolute atomic E-state index is 4.34. The van der Waals surface area contributed by atoms with Crippen LogP contribution in [0.5, 0.6) is 0 Å². The van der Waals surface area contributed by atoms with Crippen molar-refractivity contribution < 1.29 is 0 Å². The van der Waals surface area contributed by atoms with Crippen molar-refractivity contribution in [2.45, 2.75) is 39.3 Å². The van der Waals surface area contributed by atoms with Crippen LogP contribution in [0.3, 0.4) is 0 Å². The topological polar surface area (TPSA) is 42.7 Å². The van der Waals surface area contributed by atoms with E-state index < -0.39 is 0 Å². The molecule has 1 aromatic rings. The van der Waals surface area contributed by atoms with E-state index in [1.165, 1.54) is 12.8 Å². The van der Waals surface area contributed by atoms with Crippen LogP contribution in [-0.2, 0) is 6.54 Å². The number of hydrogen-bond donors (Lipinski definition) is 1. The van der Waals surface area contributed by atoms with Gasteiger partial charge in [-0.05, 0) is 25.3 Å². The second kappa shape index (κ2) is 4.09. The van der Waals surface area contributed by atoms with Crippen LogP contribution in [0.1, 0.15) is 38.6 Å². The van der Waals surface area contributed by atoms with Crippen molar-refractivity contribution in [3.63, 3.8) is 0 Å². The smallest absolute Gasteiger partial charge is 0.143 e. The zero-order chi connectivity index (χ0) is 9.97. The number of rotatable bonds is 3. The summed E-state index contributed by atoms with van der Waals surface area (Å²) in [5.74, 6) is 1.73. The second-order valence-electron chi connectivity index (χ2n) is 4.34. The van der Waals surface area contributed by atoms with Gasteiger partial charge in [-0.1, -0.05) is 13.8 Å². The molecular formula is C10H18N4. The van der Waals surface area contributed by atoms with E-state index >= 15 is 0 Å². The van der Waals surface area contributed by atoms with Gasteiger partial charge in [0.2, 0.25) is 0 Å². The summed E-state index contributed by atoms with van der Waals surface area (Å²) in [6, 6.07) is 0.427. The van der Waals surface area contributed by atoms with Crippen LogP contribution in [-0.4, -0.2) is 21.3 Å². The first-order chi connectivity index (χ1) is 6.77. The van der Waals surface area contributed by atoms with Crippen molar-refractivity contribution in [1.82, 2.24) is 20.1 Å². The van der Waals surface area contributed by atoms with Gasteiger partial charge < -0.3 is 5.32 Å². The van der Waals surface area contributed by atoms with Gasteiger partial charge >= 0.3 is 0 Å². The molecule has 14 heavy (non-hydrogen) atoms. The minimum atomic E-state index is 0.427. The highest BCUT2D eigenvalue weighted by Gasteiger charge is 2.21. The Balaban J connectivity index is 2.12. The van der Waals surface area contributed by atoms with Gasteiger partial charge in [-0.3, -0.25) is 0 Å². The minimum Gasteiger partial charge on any atom is -0.307 e. The SMILES string of the molecule is CC(C)Cn1ncnc1[C@@H]1CCCN1. The van der Waals surface area contributed by atoms with E-state index in [0.29, 0.717) is 12.0 Å². The predicted octanol–water partition coefficient (Wildman–Crippen LogP) is 1.36. The van der Waals surface area contributed by atoms with Crippen LogP contribution >= 0.6 is 0 Å². The molecule has 2 heterocycles. The highest BCUT2D eigenvalue weighted by atomic mass is 15.3. The highest BCUT2D eigenvalue weighted by molar-refractivity contribution is 4.97. The summed E-state index contributed by atoms with van der Waals surface area (Å²) >= 11 is 0. The maximum Gasteiger partial charge on any atom is 0.143 e. The lowest BCUT2D eigenvalue weighted by atomic mass is 10.2. The van der Waals surface area contributed by atoms with Gasteiger partial charge in [0.15, 0.2) is 0 Å².